The van der Waals surface area contributed by atoms with Crippen LogP contribution in [0, 0.1) is 10.1 Å². The van der Waals surface area contributed by atoms with Gasteiger partial charge in [-0.15, -0.1) is 0 Å². The summed E-state index contributed by atoms with van der Waals surface area (Å²) < 4.78 is 5.43. The fraction of sp³-hybridized carbons (Fsp3) is 0.154. The van der Waals surface area contributed by atoms with Crippen LogP contribution in [0.5, 0.6) is 0 Å². The summed E-state index contributed by atoms with van der Waals surface area (Å²) in [5, 5.41) is 11.1. The van der Waals surface area contributed by atoms with Crippen molar-refractivity contribution in [3.05, 3.63) is 106 Å². The number of nitrogens with zero attached hydrogens (tertiary/aromatic N) is 4. The standard InChI is InChI=1S/C26H22N4O4/c31-26-24(18-19-4-2-1-3-5-19)27-25(20-6-8-23(9-7-20)30(32)33)29(26)22-12-10-21(11-13-22)28-14-16-34-17-15-28/h1-13,18H,14-17H2/b24-18-. The molecule has 2 aliphatic heterocycles. The third kappa shape index (κ3) is 4.31. The molecule has 170 valence electrons. The number of hydrogen-bond donors (Lipinski definition) is 0. The molecule has 0 N–H and O–H groups in total. The number of nitro groups is 1. The topological polar surface area (TPSA) is 88.3 Å². The molecule has 2 heterocycles. The Morgan fingerprint density at radius 1 is 0.882 bits per heavy atom. The Kier molecular flexibility index (Phi) is 5.88. The van der Waals surface area contributed by atoms with E-state index < -0.39 is 4.92 Å². The number of carbonyl (C=O) groups excluding carboxylic acids is 1. The Bertz CT molecular complexity index is 1260. The number of morpholine rings is 1. The maximum atomic E-state index is 13.5. The maximum Gasteiger partial charge on any atom is 0.282 e. The van der Waals surface area contributed by atoms with Gasteiger partial charge in [-0.25, -0.2) is 4.99 Å². The molecule has 3 aromatic rings. The van der Waals surface area contributed by atoms with Crippen LogP contribution in [0.25, 0.3) is 6.08 Å². The minimum Gasteiger partial charge on any atom is -0.378 e. The number of hydrogen-bond acceptors (Lipinski definition) is 6. The first-order valence-corrected chi connectivity index (χ1v) is 11.0. The van der Waals surface area contributed by atoms with Crippen LogP contribution in [0.1, 0.15) is 11.1 Å². The molecule has 5 rings (SSSR count). The van der Waals surface area contributed by atoms with E-state index in [2.05, 4.69) is 9.89 Å². The lowest BCUT2D eigenvalue weighted by Crippen LogP contribution is -2.36. The predicted octanol–water partition coefficient (Wildman–Crippen LogP) is 4.27. The number of aliphatic imine (C=N–C) groups is 1. The van der Waals surface area contributed by atoms with Gasteiger partial charge in [-0.05, 0) is 48.0 Å². The van der Waals surface area contributed by atoms with E-state index in [4.69, 9.17) is 4.74 Å². The summed E-state index contributed by atoms with van der Waals surface area (Å²) in [4.78, 5) is 32.5. The molecule has 0 saturated carbocycles. The number of amides is 1. The van der Waals surface area contributed by atoms with Gasteiger partial charge in [-0.2, -0.15) is 0 Å². The van der Waals surface area contributed by atoms with Gasteiger partial charge < -0.3 is 9.64 Å². The first kappa shape index (κ1) is 21.5. The van der Waals surface area contributed by atoms with Crippen LogP contribution >= 0.6 is 0 Å². The van der Waals surface area contributed by atoms with Gasteiger partial charge in [0.15, 0.2) is 0 Å². The third-order valence-corrected chi connectivity index (χ3v) is 5.78. The number of non-ortho nitro benzene ring substituents is 1. The van der Waals surface area contributed by atoms with Crippen LogP contribution in [-0.4, -0.2) is 43.0 Å². The van der Waals surface area contributed by atoms with E-state index in [-0.39, 0.29) is 11.6 Å². The van der Waals surface area contributed by atoms with Crippen molar-refractivity contribution in [2.75, 3.05) is 36.1 Å². The van der Waals surface area contributed by atoms with Crippen molar-refractivity contribution in [2.24, 2.45) is 4.99 Å². The minimum absolute atomic E-state index is 0.0184. The molecule has 0 unspecified atom stereocenters. The van der Waals surface area contributed by atoms with Crippen LogP contribution in [0.4, 0.5) is 17.1 Å². The second kappa shape index (κ2) is 9.29. The first-order valence-electron chi connectivity index (χ1n) is 11.0. The van der Waals surface area contributed by atoms with Gasteiger partial charge in [-0.3, -0.25) is 19.8 Å². The second-order valence-electron chi connectivity index (χ2n) is 7.94. The van der Waals surface area contributed by atoms with Crippen LogP contribution < -0.4 is 9.80 Å². The van der Waals surface area contributed by atoms with Gasteiger partial charge in [0.2, 0.25) is 0 Å². The summed E-state index contributed by atoms with van der Waals surface area (Å²) in [5.74, 6) is 0.178. The predicted molar refractivity (Wildman–Crippen MR) is 131 cm³/mol. The highest BCUT2D eigenvalue weighted by Crippen LogP contribution is 2.30. The summed E-state index contributed by atoms with van der Waals surface area (Å²) in [6.07, 6.45) is 1.75. The lowest BCUT2D eigenvalue weighted by molar-refractivity contribution is -0.384. The van der Waals surface area contributed by atoms with Crippen molar-refractivity contribution in [3.63, 3.8) is 0 Å². The molecular weight excluding hydrogens is 432 g/mol. The van der Waals surface area contributed by atoms with E-state index in [1.807, 2.05) is 54.6 Å². The van der Waals surface area contributed by atoms with Gasteiger partial charge in [-0.1, -0.05) is 30.3 Å². The number of anilines is 2. The Morgan fingerprint density at radius 2 is 1.53 bits per heavy atom. The Labute approximate surface area is 196 Å². The lowest BCUT2D eigenvalue weighted by Gasteiger charge is -2.29. The number of amidine groups is 1. The van der Waals surface area contributed by atoms with E-state index in [0.29, 0.717) is 36.0 Å². The highest BCUT2D eigenvalue weighted by molar-refractivity contribution is 6.33. The highest BCUT2D eigenvalue weighted by atomic mass is 16.6. The average Bonchev–Trinajstić information content (AvgIpc) is 3.21. The summed E-state index contributed by atoms with van der Waals surface area (Å²) >= 11 is 0. The Hall–Kier alpha value is -4.30. The molecule has 1 fully saturated rings. The van der Waals surface area contributed by atoms with Crippen molar-refractivity contribution in [3.8, 4) is 0 Å². The van der Waals surface area contributed by atoms with Crippen molar-refractivity contribution in [2.45, 2.75) is 0 Å². The van der Waals surface area contributed by atoms with Crippen LogP contribution in [0.2, 0.25) is 0 Å². The first-order chi connectivity index (χ1) is 16.6. The van der Waals surface area contributed by atoms with Gasteiger partial charge >= 0.3 is 0 Å². The average molecular weight is 454 g/mol. The second-order valence-corrected chi connectivity index (χ2v) is 7.94. The van der Waals surface area contributed by atoms with Gasteiger partial charge in [0.1, 0.15) is 11.5 Å². The molecule has 34 heavy (non-hydrogen) atoms. The summed E-state index contributed by atoms with van der Waals surface area (Å²) in [5.41, 5.74) is 3.50. The number of benzene rings is 3. The molecule has 2 aliphatic rings. The van der Waals surface area contributed by atoms with Gasteiger partial charge in [0.05, 0.1) is 23.8 Å². The molecule has 0 radical (unpaired) electrons. The van der Waals surface area contributed by atoms with Gasteiger partial charge in [0, 0.05) is 36.5 Å². The fourth-order valence-corrected chi connectivity index (χ4v) is 4.02. The van der Waals surface area contributed by atoms with E-state index >= 15 is 0 Å². The number of rotatable bonds is 5. The largest absolute Gasteiger partial charge is 0.378 e. The zero-order valence-electron chi connectivity index (χ0n) is 18.3. The van der Waals surface area contributed by atoms with Crippen molar-refractivity contribution in [1.29, 1.82) is 0 Å². The maximum absolute atomic E-state index is 13.5. The lowest BCUT2D eigenvalue weighted by atomic mass is 10.1. The zero-order chi connectivity index (χ0) is 23.5. The molecule has 0 aliphatic carbocycles. The molecule has 1 saturated heterocycles. The summed E-state index contributed by atoms with van der Waals surface area (Å²) in [7, 11) is 0. The van der Waals surface area contributed by atoms with E-state index in [9.17, 15) is 14.9 Å². The molecule has 8 heteroatoms. The number of carbonyl (C=O) groups is 1. The van der Waals surface area contributed by atoms with Crippen molar-refractivity contribution >= 4 is 34.9 Å². The minimum atomic E-state index is -0.450. The van der Waals surface area contributed by atoms with Crippen LogP contribution in [0.3, 0.4) is 0 Å². The normalized spacial score (nSPS) is 17.2. The summed E-state index contributed by atoms with van der Waals surface area (Å²) in [6.45, 7) is 3.02. The number of nitro benzene ring substituents is 1. The number of ether oxygens (including phenoxy) is 1. The van der Waals surface area contributed by atoms with Crippen LogP contribution in [0.15, 0.2) is 89.6 Å². The molecule has 0 atom stereocenters. The molecular formula is C26H22N4O4. The molecule has 0 spiro atoms. The van der Waals surface area contributed by atoms with Crippen molar-refractivity contribution in [1.82, 2.24) is 0 Å². The Morgan fingerprint density at radius 3 is 2.18 bits per heavy atom. The highest BCUT2D eigenvalue weighted by Gasteiger charge is 2.32. The molecule has 3 aromatic carbocycles. The van der Waals surface area contributed by atoms with E-state index in [1.165, 1.54) is 12.1 Å². The molecule has 8 nitrogen and oxygen atoms in total. The van der Waals surface area contributed by atoms with Crippen molar-refractivity contribution < 1.29 is 14.5 Å². The third-order valence-electron chi connectivity index (χ3n) is 5.78. The summed E-state index contributed by atoms with van der Waals surface area (Å²) in [6, 6.07) is 23.3. The van der Waals surface area contributed by atoms with Gasteiger partial charge in [0.25, 0.3) is 11.6 Å². The quantitative estimate of drug-likeness (QED) is 0.326. The monoisotopic (exact) mass is 454 g/mol. The molecule has 0 bridgehead atoms. The Balaban J connectivity index is 1.52. The molecule has 0 aromatic heterocycles. The zero-order valence-corrected chi connectivity index (χ0v) is 18.3. The molecule has 1 amide bonds. The van der Waals surface area contributed by atoms with Crippen LogP contribution in [-0.2, 0) is 9.53 Å². The SMILES string of the molecule is O=C1/C(=C/c2ccccc2)N=C(c2ccc([N+](=O)[O-])cc2)N1c1ccc(N2CCOCC2)cc1. The fourth-order valence-electron chi connectivity index (χ4n) is 4.02. The van der Waals surface area contributed by atoms with E-state index in [1.54, 1.807) is 23.1 Å². The smallest absolute Gasteiger partial charge is 0.282 e. The van der Waals surface area contributed by atoms with E-state index in [0.717, 1.165) is 24.3 Å².